The smallest absolute Gasteiger partial charge is 0.188 e. The van der Waals surface area contributed by atoms with Gasteiger partial charge in [-0.1, -0.05) is 25.1 Å². The lowest BCUT2D eigenvalue weighted by Crippen LogP contribution is -2.43. The molecule has 3 rings (SSSR count). The molecule has 2 fully saturated rings. The third-order valence-electron chi connectivity index (χ3n) is 4.85. The Morgan fingerprint density at radius 2 is 2.12 bits per heavy atom. The Morgan fingerprint density at radius 1 is 1.38 bits per heavy atom. The van der Waals surface area contributed by atoms with Gasteiger partial charge in [0, 0.05) is 22.2 Å². The quantitative estimate of drug-likeness (QED) is 0.373. The summed E-state index contributed by atoms with van der Waals surface area (Å²) < 4.78 is 0.274. The van der Waals surface area contributed by atoms with Gasteiger partial charge in [-0.25, -0.2) is 0 Å². The van der Waals surface area contributed by atoms with Gasteiger partial charge in [-0.05, 0) is 50.9 Å². The van der Waals surface area contributed by atoms with E-state index in [1.165, 1.54) is 37.1 Å². The Balaban J connectivity index is 0.00000208. The fraction of sp³-hybridized carbons (Fsp3) is 0.611. The van der Waals surface area contributed by atoms with Crippen LogP contribution in [-0.4, -0.2) is 47.8 Å². The lowest BCUT2D eigenvalue weighted by molar-refractivity contribution is 0.267. The number of hydrogen-bond acceptors (Lipinski definition) is 3. The van der Waals surface area contributed by atoms with Crippen molar-refractivity contribution in [3.05, 3.63) is 30.3 Å². The molecule has 1 unspecified atom stereocenters. The van der Waals surface area contributed by atoms with Gasteiger partial charge in [0.1, 0.15) is 0 Å². The number of nitrogens with two attached hydrogens (primary N) is 1. The molecule has 3 N–H and O–H groups in total. The molecular weight excluding hydrogens is 431 g/mol. The third kappa shape index (κ3) is 5.52. The number of rotatable bonds is 7. The van der Waals surface area contributed by atoms with E-state index in [2.05, 4.69) is 52.5 Å². The van der Waals surface area contributed by atoms with Crippen LogP contribution in [0.25, 0.3) is 0 Å². The highest BCUT2D eigenvalue weighted by atomic mass is 127. The molecule has 0 amide bonds. The summed E-state index contributed by atoms with van der Waals surface area (Å²) in [6.45, 7) is 6.31. The molecule has 1 aromatic carbocycles. The largest absolute Gasteiger partial charge is 0.370 e. The van der Waals surface area contributed by atoms with Crippen LogP contribution in [0, 0.1) is 0 Å². The fourth-order valence-corrected chi connectivity index (χ4v) is 4.45. The van der Waals surface area contributed by atoms with Gasteiger partial charge in [0.25, 0.3) is 0 Å². The van der Waals surface area contributed by atoms with Crippen molar-refractivity contribution in [2.45, 2.75) is 48.3 Å². The molecule has 2 aliphatic rings. The number of benzene rings is 1. The SMILES string of the molecule is CCN1CCCC1CNC(N)=NCC1(Sc2ccccc2)CC1.I. The summed E-state index contributed by atoms with van der Waals surface area (Å²) in [5.41, 5.74) is 6.08. The minimum atomic E-state index is 0. The number of nitrogens with one attached hydrogen (secondary N) is 1. The van der Waals surface area contributed by atoms with E-state index in [1.807, 2.05) is 11.8 Å². The molecular formula is C18H29IN4S. The molecule has 0 bridgehead atoms. The molecule has 1 aromatic rings. The fourth-order valence-electron chi connectivity index (χ4n) is 3.22. The van der Waals surface area contributed by atoms with E-state index in [4.69, 9.17) is 5.73 Å². The average molecular weight is 460 g/mol. The van der Waals surface area contributed by atoms with Gasteiger partial charge >= 0.3 is 0 Å². The van der Waals surface area contributed by atoms with Crippen molar-refractivity contribution in [1.29, 1.82) is 0 Å². The number of halogens is 1. The summed E-state index contributed by atoms with van der Waals surface area (Å²) in [7, 11) is 0. The Morgan fingerprint density at radius 3 is 2.79 bits per heavy atom. The minimum Gasteiger partial charge on any atom is -0.370 e. The molecule has 1 saturated carbocycles. The van der Waals surface area contributed by atoms with Crippen LogP contribution in [0.15, 0.2) is 40.2 Å². The molecule has 6 heteroatoms. The highest BCUT2D eigenvalue weighted by Gasteiger charge is 2.43. The number of likely N-dealkylation sites (tertiary alicyclic amines) is 1. The van der Waals surface area contributed by atoms with Crippen LogP contribution in [0.4, 0.5) is 0 Å². The molecule has 24 heavy (non-hydrogen) atoms. The number of nitrogens with zero attached hydrogens (tertiary/aromatic N) is 2. The lowest BCUT2D eigenvalue weighted by Gasteiger charge is -2.23. The maximum absolute atomic E-state index is 6.08. The van der Waals surface area contributed by atoms with Crippen molar-refractivity contribution in [2.75, 3.05) is 26.2 Å². The lowest BCUT2D eigenvalue weighted by atomic mass is 10.2. The van der Waals surface area contributed by atoms with Crippen molar-refractivity contribution in [2.24, 2.45) is 10.7 Å². The monoisotopic (exact) mass is 460 g/mol. The van der Waals surface area contributed by atoms with Crippen LogP contribution in [0.1, 0.15) is 32.6 Å². The first-order chi connectivity index (χ1) is 11.2. The number of thioether (sulfide) groups is 1. The molecule has 0 radical (unpaired) electrons. The molecule has 1 saturated heterocycles. The Labute approximate surface area is 167 Å². The maximum atomic E-state index is 6.08. The van der Waals surface area contributed by atoms with Crippen LogP contribution in [-0.2, 0) is 0 Å². The summed E-state index contributed by atoms with van der Waals surface area (Å²) in [6, 6.07) is 11.2. The van der Waals surface area contributed by atoms with Gasteiger partial charge in [-0.15, -0.1) is 35.7 Å². The summed E-state index contributed by atoms with van der Waals surface area (Å²) in [5, 5.41) is 3.33. The molecule has 1 aliphatic heterocycles. The summed E-state index contributed by atoms with van der Waals surface area (Å²) in [4.78, 5) is 8.46. The Bertz CT molecular complexity index is 533. The number of hydrogen-bond donors (Lipinski definition) is 2. The second kappa shape index (κ2) is 9.29. The van der Waals surface area contributed by atoms with Gasteiger partial charge < -0.3 is 11.1 Å². The van der Waals surface area contributed by atoms with Crippen LogP contribution in [0.3, 0.4) is 0 Å². The van der Waals surface area contributed by atoms with Gasteiger partial charge in [0.05, 0.1) is 6.54 Å². The first-order valence-electron chi connectivity index (χ1n) is 8.73. The zero-order valence-electron chi connectivity index (χ0n) is 14.4. The topological polar surface area (TPSA) is 53.6 Å². The molecule has 1 heterocycles. The predicted octanol–water partition coefficient (Wildman–Crippen LogP) is 3.32. The summed E-state index contributed by atoms with van der Waals surface area (Å²) in [5.74, 6) is 0.605. The Hall–Kier alpha value is -0.470. The van der Waals surface area contributed by atoms with Gasteiger partial charge in [0.15, 0.2) is 5.96 Å². The first-order valence-corrected chi connectivity index (χ1v) is 9.54. The van der Waals surface area contributed by atoms with Crippen LogP contribution in [0.5, 0.6) is 0 Å². The molecule has 0 spiro atoms. The normalized spacial score (nSPS) is 22.9. The van der Waals surface area contributed by atoms with E-state index < -0.39 is 0 Å². The second-order valence-corrected chi connectivity index (χ2v) is 8.15. The molecule has 0 aromatic heterocycles. The van der Waals surface area contributed by atoms with E-state index in [9.17, 15) is 0 Å². The maximum Gasteiger partial charge on any atom is 0.188 e. The standard InChI is InChI=1S/C18H28N4S.HI/c1-2-22-12-6-7-15(22)13-20-17(19)21-14-18(10-11-18)23-16-8-4-3-5-9-16;/h3-5,8-9,15H,2,6-7,10-14H2,1H3,(H3,19,20,21);1H. The van der Waals surface area contributed by atoms with Crippen LogP contribution < -0.4 is 11.1 Å². The average Bonchev–Trinajstić information content (AvgIpc) is 3.18. The molecule has 4 nitrogen and oxygen atoms in total. The summed E-state index contributed by atoms with van der Waals surface area (Å²) >= 11 is 1.95. The van der Waals surface area contributed by atoms with Gasteiger partial charge in [-0.2, -0.15) is 0 Å². The first kappa shape index (κ1) is 19.8. The van der Waals surface area contributed by atoms with Crippen molar-refractivity contribution in [1.82, 2.24) is 10.2 Å². The summed E-state index contributed by atoms with van der Waals surface area (Å²) in [6.07, 6.45) is 5.03. The zero-order valence-corrected chi connectivity index (χ0v) is 17.6. The highest BCUT2D eigenvalue weighted by Crippen LogP contribution is 2.51. The number of aliphatic imine (C=N–C) groups is 1. The minimum absolute atomic E-state index is 0. The van der Waals surface area contributed by atoms with Crippen molar-refractivity contribution in [3.63, 3.8) is 0 Å². The Kier molecular flexibility index (Phi) is 7.68. The van der Waals surface area contributed by atoms with Crippen molar-refractivity contribution >= 4 is 41.7 Å². The van der Waals surface area contributed by atoms with E-state index in [-0.39, 0.29) is 28.7 Å². The van der Waals surface area contributed by atoms with E-state index in [0.717, 1.165) is 19.6 Å². The van der Waals surface area contributed by atoms with Crippen molar-refractivity contribution < 1.29 is 0 Å². The zero-order chi connectivity index (χ0) is 16.1. The van der Waals surface area contributed by atoms with Gasteiger partial charge in [-0.3, -0.25) is 9.89 Å². The molecule has 134 valence electrons. The molecule has 1 atom stereocenters. The molecule has 1 aliphatic carbocycles. The number of guanidine groups is 1. The number of likely N-dealkylation sites (N-methyl/N-ethyl adjacent to an activating group) is 1. The highest BCUT2D eigenvalue weighted by molar-refractivity contribution is 14.0. The van der Waals surface area contributed by atoms with Crippen molar-refractivity contribution in [3.8, 4) is 0 Å². The van der Waals surface area contributed by atoms with Gasteiger partial charge in [0.2, 0.25) is 0 Å². The third-order valence-corrected chi connectivity index (χ3v) is 6.33. The second-order valence-electron chi connectivity index (χ2n) is 6.61. The predicted molar refractivity (Wildman–Crippen MR) is 114 cm³/mol. The van der Waals surface area contributed by atoms with E-state index >= 15 is 0 Å². The van der Waals surface area contributed by atoms with E-state index in [1.54, 1.807) is 0 Å². The van der Waals surface area contributed by atoms with E-state index in [0.29, 0.717) is 12.0 Å². The van der Waals surface area contributed by atoms with Crippen LogP contribution >= 0.6 is 35.7 Å². The van der Waals surface area contributed by atoms with Crippen LogP contribution in [0.2, 0.25) is 0 Å².